The Kier molecular flexibility index (Phi) is 14.0. The molecule has 8 heteroatoms. The van der Waals surface area contributed by atoms with Gasteiger partial charge in [-0.05, 0) is 77.9 Å². The molecule has 0 bridgehead atoms. The summed E-state index contributed by atoms with van der Waals surface area (Å²) in [5.74, 6) is 0.834. The van der Waals surface area contributed by atoms with Gasteiger partial charge < -0.3 is 9.45 Å². The second-order valence-electron chi connectivity index (χ2n) is 14.7. The SMILES string of the molecule is COS(=O)CCCCN1\C(=C/C=C/C=C/C=C/C(=[N+](C)CCCCS(=O)O)C(C)(C)c2cccc3ccccc23)C(C)(C)c2c1ccc1ccccc21. The maximum Gasteiger partial charge on any atom is 0.185 e. The molecule has 280 valence electrons. The van der Waals surface area contributed by atoms with E-state index in [1.165, 1.54) is 56.9 Å². The highest BCUT2D eigenvalue weighted by molar-refractivity contribution is 7.80. The van der Waals surface area contributed by atoms with Crippen molar-refractivity contribution in [3.63, 3.8) is 0 Å². The summed E-state index contributed by atoms with van der Waals surface area (Å²) >= 11 is -3.00. The fraction of sp³-hybridized carbons (Fsp3) is 0.356. The summed E-state index contributed by atoms with van der Waals surface area (Å²) in [5, 5.41) is 4.99. The highest BCUT2D eigenvalue weighted by Gasteiger charge is 2.41. The Hall–Kier alpha value is -3.95. The quantitative estimate of drug-likeness (QED) is 0.0383. The molecule has 2 atom stereocenters. The Balaban J connectivity index is 1.40. The number of unbranched alkanes of at least 4 members (excludes halogenated alkanes) is 2. The maximum atomic E-state index is 11.9. The van der Waals surface area contributed by atoms with E-state index in [4.69, 9.17) is 4.18 Å². The summed E-state index contributed by atoms with van der Waals surface area (Å²) in [6.07, 6.45) is 18.2. The first-order valence-electron chi connectivity index (χ1n) is 18.6. The van der Waals surface area contributed by atoms with E-state index >= 15 is 0 Å². The van der Waals surface area contributed by atoms with Crippen molar-refractivity contribution >= 4 is 55.1 Å². The first-order chi connectivity index (χ1) is 25.5. The van der Waals surface area contributed by atoms with E-state index in [9.17, 15) is 13.0 Å². The molecule has 1 aliphatic heterocycles. The van der Waals surface area contributed by atoms with Gasteiger partial charge in [0, 0.05) is 47.3 Å². The lowest BCUT2D eigenvalue weighted by Crippen LogP contribution is -2.35. The molecule has 6 nitrogen and oxygen atoms in total. The molecule has 4 aromatic rings. The summed E-state index contributed by atoms with van der Waals surface area (Å²) in [7, 11) is 3.61. The van der Waals surface area contributed by atoms with Crippen LogP contribution >= 0.6 is 0 Å². The van der Waals surface area contributed by atoms with Gasteiger partial charge in [-0.15, -0.1) is 0 Å². The molecule has 0 saturated carbocycles. The van der Waals surface area contributed by atoms with Crippen LogP contribution in [0.15, 0.2) is 127 Å². The number of allylic oxidation sites excluding steroid dienone is 8. The lowest BCUT2D eigenvalue weighted by atomic mass is 9.77. The standard InChI is InChI=1S/C45H54N2O4S2/c1-44(2,39-26-20-23-35-21-12-14-24-37(35)39)41(46(5)31-16-18-33-52(48)49)27-10-8-7-9-11-28-42-45(3,4)43-38-25-15-13-22-36(38)29-30-40(43)47(42)32-17-19-34-53(50)51-6/h7-15,20-30H,16-19,31-34H2,1-6H3/p+1. The lowest BCUT2D eigenvalue weighted by molar-refractivity contribution is -0.499. The maximum absolute atomic E-state index is 11.9. The van der Waals surface area contributed by atoms with E-state index in [2.05, 4.69) is 166 Å². The van der Waals surface area contributed by atoms with Crippen molar-refractivity contribution in [1.29, 1.82) is 0 Å². The molecule has 2 unspecified atom stereocenters. The molecule has 0 radical (unpaired) electrons. The Bertz CT molecular complexity index is 2100. The lowest BCUT2D eigenvalue weighted by Gasteiger charge is -2.27. The van der Waals surface area contributed by atoms with Crippen LogP contribution in [-0.2, 0) is 37.2 Å². The minimum Gasteiger partial charge on any atom is -0.344 e. The Morgan fingerprint density at radius 1 is 0.811 bits per heavy atom. The van der Waals surface area contributed by atoms with Crippen LogP contribution < -0.4 is 4.90 Å². The topological polar surface area (TPSA) is 69.8 Å². The fourth-order valence-corrected chi connectivity index (χ4v) is 8.81. The predicted octanol–water partition coefficient (Wildman–Crippen LogP) is 9.80. The zero-order valence-corrected chi connectivity index (χ0v) is 33.7. The van der Waals surface area contributed by atoms with E-state index in [1.807, 2.05) is 0 Å². The molecule has 0 saturated heterocycles. The van der Waals surface area contributed by atoms with Crippen molar-refractivity contribution in [2.24, 2.45) is 0 Å². The van der Waals surface area contributed by atoms with Crippen molar-refractivity contribution in [2.45, 2.75) is 64.2 Å². The number of anilines is 1. The van der Waals surface area contributed by atoms with Gasteiger partial charge in [0.05, 0.1) is 12.5 Å². The van der Waals surface area contributed by atoms with Gasteiger partial charge in [0.25, 0.3) is 0 Å². The monoisotopic (exact) mass is 751 g/mol. The van der Waals surface area contributed by atoms with Crippen molar-refractivity contribution in [1.82, 2.24) is 0 Å². The van der Waals surface area contributed by atoms with E-state index < -0.39 is 22.2 Å². The molecule has 5 rings (SSSR count). The Morgan fingerprint density at radius 2 is 1.45 bits per heavy atom. The van der Waals surface area contributed by atoms with Crippen LogP contribution in [0.25, 0.3) is 21.5 Å². The van der Waals surface area contributed by atoms with Crippen LogP contribution in [0.5, 0.6) is 0 Å². The molecular formula is C45H55N2O4S2+. The average molecular weight is 752 g/mol. The third-order valence-corrected chi connectivity index (χ3v) is 12.0. The first-order valence-corrected chi connectivity index (χ1v) is 21.1. The van der Waals surface area contributed by atoms with Crippen LogP contribution in [0.1, 0.15) is 64.5 Å². The molecule has 0 fully saturated rings. The summed E-state index contributed by atoms with van der Waals surface area (Å²) in [6.45, 7) is 10.8. The van der Waals surface area contributed by atoms with Crippen molar-refractivity contribution in [3.05, 3.63) is 138 Å². The van der Waals surface area contributed by atoms with E-state index in [1.54, 1.807) is 0 Å². The minimum atomic E-state index is -1.77. The molecular weight excluding hydrogens is 697 g/mol. The van der Waals surface area contributed by atoms with Crippen molar-refractivity contribution in [2.75, 3.05) is 43.7 Å². The van der Waals surface area contributed by atoms with E-state index in [0.29, 0.717) is 17.9 Å². The van der Waals surface area contributed by atoms with Crippen LogP contribution in [0, 0.1) is 0 Å². The number of nitrogens with zero attached hydrogens (tertiary/aromatic N) is 2. The summed E-state index contributed by atoms with van der Waals surface area (Å²) < 4.78 is 39.7. The number of hydrogen-bond acceptors (Lipinski definition) is 4. The number of rotatable bonds is 17. The van der Waals surface area contributed by atoms with Gasteiger partial charge in [-0.25, -0.2) is 13.0 Å². The van der Waals surface area contributed by atoms with Crippen molar-refractivity contribution < 1.29 is 21.7 Å². The van der Waals surface area contributed by atoms with Gasteiger partial charge in [0.2, 0.25) is 0 Å². The zero-order chi connectivity index (χ0) is 38.0. The normalized spacial score (nSPS) is 17.1. The van der Waals surface area contributed by atoms with Gasteiger partial charge in [-0.2, -0.15) is 0 Å². The largest absolute Gasteiger partial charge is 0.344 e. The van der Waals surface area contributed by atoms with Gasteiger partial charge in [0.1, 0.15) is 13.6 Å². The predicted molar refractivity (Wildman–Crippen MR) is 227 cm³/mol. The Morgan fingerprint density at radius 3 is 2.19 bits per heavy atom. The summed E-state index contributed by atoms with van der Waals surface area (Å²) in [6, 6.07) is 28.1. The molecule has 0 aromatic heterocycles. The van der Waals surface area contributed by atoms with Gasteiger partial charge in [-0.3, -0.25) is 4.18 Å². The molecule has 0 spiro atoms. The summed E-state index contributed by atoms with van der Waals surface area (Å²) in [4.78, 5) is 2.44. The number of benzene rings is 4. The molecule has 1 aliphatic rings. The smallest absolute Gasteiger partial charge is 0.185 e. The van der Waals surface area contributed by atoms with E-state index in [-0.39, 0.29) is 10.8 Å². The molecule has 53 heavy (non-hydrogen) atoms. The number of hydrogen-bond donors (Lipinski definition) is 1. The average Bonchev–Trinajstić information content (AvgIpc) is 3.37. The highest BCUT2D eigenvalue weighted by Crippen LogP contribution is 2.50. The first kappa shape index (κ1) is 40.2. The second-order valence-corrected chi connectivity index (χ2v) is 17.1. The molecule has 1 N–H and O–H groups in total. The third kappa shape index (κ3) is 9.60. The van der Waals surface area contributed by atoms with Gasteiger partial charge >= 0.3 is 0 Å². The minimum absolute atomic E-state index is 0.201. The molecule has 0 amide bonds. The van der Waals surface area contributed by atoms with E-state index in [0.717, 1.165) is 32.4 Å². The van der Waals surface area contributed by atoms with Gasteiger partial charge in [-0.1, -0.05) is 117 Å². The third-order valence-electron chi connectivity index (χ3n) is 10.4. The second kappa shape index (κ2) is 18.4. The van der Waals surface area contributed by atoms with Gasteiger partial charge in [0.15, 0.2) is 27.9 Å². The number of fused-ring (bicyclic) bond motifs is 4. The molecule has 4 aromatic carbocycles. The fourth-order valence-electron chi connectivity index (χ4n) is 7.75. The highest BCUT2D eigenvalue weighted by atomic mass is 32.2. The van der Waals surface area contributed by atoms with Crippen LogP contribution in [0.4, 0.5) is 5.69 Å². The van der Waals surface area contributed by atoms with Crippen LogP contribution in [0.2, 0.25) is 0 Å². The van der Waals surface area contributed by atoms with Crippen LogP contribution in [0.3, 0.4) is 0 Å². The summed E-state index contributed by atoms with van der Waals surface area (Å²) in [5.41, 5.74) is 5.78. The zero-order valence-electron chi connectivity index (χ0n) is 32.1. The van der Waals surface area contributed by atoms with Crippen molar-refractivity contribution in [3.8, 4) is 0 Å². The van der Waals surface area contributed by atoms with Crippen LogP contribution in [-0.4, -0.2) is 62.0 Å². The molecule has 1 heterocycles. The molecule has 0 aliphatic carbocycles. The Labute approximate surface area is 321 Å².